The SMILES string of the molecule is CC(C)N1Cc2cc(-c3ccc(CN4CCN(C)C4)c(Cl)c3)cc(Cl)c2C1=O. The predicted molar refractivity (Wildman–Crippen MR) is 115 cm³/mol. The van der Waals surface area contributed by atoms with Gasteiger partial charge in [0.05, 0.1) is 17.3 Å². The third-order valence-corrected chi connectivity index (χ3v) is 6.28. The molecule has 0 unspecified atom stereocenters. The van der Waals surface area contributed by atoms with Crippen LogP contribution in [0.15, 0.2) is 30.3 Å². The molecule has 6 heteroatoms. The number of hydrogen-bond donors (Lipinski definition) is 0. The van der Waals surface area contributed by atoms with Crippen LogP contribution in [-0.4, -0.2) is 53.5 Å². The Bertz CT molecular complexity index is 928. The summed E-state index contributed by atoms with van der Waals surface area (Å²) >= 11 is 13.1. The second-order valence-corrected chi connectivity index (χ2v) is 8.91. The first kappa shape index (κ1) is 19.7. The van der Waals surface area contributed by atoms with Gasteiger partial charge in [0, 0.05) is 37.2 Å². The zero-order valence-corrected chi connectivity index (χ0v) is 18.0. The number of rotatable bonds is 4. The highest BCUT2D eigenvalue weighted by Gasteiger charge is 2.31. The summed E-state index contributed by atoms with van der Waals surface area (Å²) in [6.07, 6.45) is 0. The largest absolute Gasteiger partial charge is 0.332 e. The fraction of sp³-hybridized carbons (Fsp3) is 0.409. The van der Waals surface area contributed by atoms with Gasteiger partial charge in [0.15, 0.2) is 0 Å². The van der Waals surface area contributed by atoms with Gasteiger partial charge in [0.25, 0.3) is 5.91 Å². The van der Waals surface area contributed by atoms with Gasteiger partial charge in [-0.15, -0.1) is 0 Å². The third-order valence-electron chi connectivity index (χ3n) is 5.63. The normalized spacial score (nSPS) is 17.8. The van der Waals surface area contributed by atoms with Gasteiger partial charge in [0.1, 0.15) is 0 Å². The van der Waals surface area contributed by atoms with Gasteiger partial charge in [-0.3, -0.25) is 14.6 Å². The molecule has 0 aromatic heterocycles. The van der Waals surface area contributed by atoms with E-state index >= 15 is 0 Å². The van der Waals surface area contributed by atoms with Crippen molar-refractivity contribution in [2.24, 2.45) is 0 Å². The number of carbonyl (C=O) groups excluding carboxylic acids is 1. The maximum absolute atomic E-state index is 12.6. The molecule has 4 nitrogen and oxygen atoms in total. The minimum atomic E-state index is 0.0190. The standard InChI is InChI=1S/C22H25Cl2N3O/c1-14(2)27-12-18-8-17(10-20(24)21(18)22(27)28)15-4-5-16(19(23)9-15)11-26-7-6-25(3)13-26/h4-5,8-10,14H,6-7,11-13H2,1-3H3. The predicted octanol–water partition coefficient (Wildman–Crippen LogP) is 4.73. The Balaban J connectivity index is 1.60. The fourth-order valence-corrected chi connectivity index (χ4v) is 4.59. The molecule has 0 radical (unpaired) electrons. The number of amides is 1. The zero-order chi connectivity index (χ0) is 20.0. The van der Waals surface area contributed by atoms with Gasteiger partial charge in [-0.05, 0) is 61.3 Å². The van der Waals surface area contributed by atoms with Crippen molar-refractivity contribution < 1.29 is 4.79 Å². The topological polar surface area (TPSA) is 26.8 Å². The van der Waals surface area contributed by atoms with Gasteiger partial charge in [-0.1, -0.05) is 35.3 Å². The molecule has 4 rings (SSSR count). The molecule has 1 amide bonds. The van der Waals surface area contributed by atoms with E-state index in [0.717, 1.165) is 53.6 Å². The van der Waals surface area contributed by atoms with Crippen LogP contribution in [0.2, 0.25) is 10.0 Å². The van der Waals surface area contributed by atoms with Crippen LogP contribution in [-0.2, 0) is 13.1 Å². The van der Waals surface area contributed by atoms with Crippen LogP contribution < -0.4 is 0 Å². The monoisotopic (exact) mass is 417 g/mol. The Morgan fingerprint density at radius 3 is 2.43 bits per heavy atom. The Morgan fingerprint density at radius 2 is 1.79 bits per heavy atom. The average Bonchev–Trinajstić information content (AvgIpc) is 3.20. The maximum Gasteiger partial charge on any atom is 0.256 e. The minimum absolute atomic E-state index is 0.0190. The fourth-order valence-electron chi connectivity index (χ4n) is 4.03. The van der Waals surface area contributed by atoms with Crippen LogP contribution in [0.25, 0.3) is 11.1 Å². The molecule has 2 heterocycles. The Labute approximate surface area is 176 Å². The van der Waals surface area contributed by atoms with Crippen LogP contribution in [0.3, 0.4) is 0 Å². The lowest BCUT2D eigenvalue weighted by atomic mass is 9.99. The molecule has 0 spiro atoms. The van der Waals surface area contributed by atoms with E-state index in [4.69, 9.17) is 23.2 Å². The van der Waals surface area contributed by atoms with E-state index in [9.17, 15) is 4.79 Å². The van der Waals surface area contributed by atoms with Gasteiger partial charge < -0.3 is 4.90 Å². The molecule has 2 aromatic rings. The first-order valence-corrected chi connectivity index (χ1v) is 10.4. The summed E-state index contributed by atoms with van der Waals surface area (Å²) in [5, 5.41) is 1.28. The van der Waals surface area contributed by atoms with Crippen LogP contribution in [0.4, 0.5) is 0 Å². The van der Waals surface area contributed by atoms with E-state index in [1.165, 1.54) is 0 Å². The van der Waals surface area contributed by atoms with Crippen molar-refractivity contribution in [2.75, 3.05) is 26.8 Å². The lowest BCUT2D eigenvalue weighted by Gasteiger charge is -2.19. The Morgan fingerprint density at radius 1 is 1.04 bits per heavy atom. The smallest absolute Gasteiger partial charge is 0.256 e. The molecule has 1 saturated heterocycles. The third kappa shape index (κ3) is 3.67. The lowest BCUT2D eigenvalue weighted by Crippen LogP contribution is -2.30. The number of hydrogen-bond acceptors (Lipinski definition) is 3. The van der Waals surface area contributed by atoms with E-state index < -0.39 is 0 Å². The molecule has 0 saturated carbocycles. The first-order valence-electron chi connectivity index (χ1n) is 9.66. The summed E-state index contributed by atoms with van der Waals surface area (Å²) in [5.74, 6) is 0.0190. The van der Waals surface area contributed by atoms with Crippen molar-refractivity contribution >= 4 is 29.1 Å². The molecule has 0 atom stereocenters. The number of nitrogens with zero attached hydrogens (tertiary/aromatic N) is 3. The van der Waals surface area contributed by atoms with Crippen molar-refractivity contribution in [3.05, 3.63) is 57.1 Å². The van der Waals surface area contributed by atoms with Crippen molar-refractivity contribution in [3.63, 3.8) is 0 Å². The minimum Gasteiger partial charge on any atom is -0.332 e. The zero-order valence-electron chi connectivity index (χ0n) is 16.5. The highest BCUT2D eigenvalue weighted by atomic mass is 35.5. The van der Waals surface area contributed by atoms with Gasteiger partial charge in [-0.2, -0.15) is 0 Å². The summed E-state index contributed by atoms with van der Waals surface area (Å²) in [6.45, 7) is 8.63. The Kier molecular flexibility index (Phi) is 5.41. The van der Waals surface area contributed by atoms with E-state index in [-0.39, 0.29) is 11.9 Å². The van der Waals surface area contributed by atoms with Gasteiger partial charge in [-0.25, -0.2) is 0 Å². The lowest BCUT2D eigenvalue weighted by molar-refractivity contribution is 0.0731. The molecular weight excluding hydrogens is 393 g/mol. The molecular formula is C22H25Cl2N3O. The van der Waals surface area contributed by atoms with Crippen LogP contribution in [0, 0.1) is 0 Å². The summed E-state index contributed by atoms with van der Waals surface area (Å²) in [5.41, 5.74) is 4.78. The summed E-state index contributed by atoms with van der Waals surface area (Å²) in [4.78, 5) is 19.1. The number of benzene rings is 2. The Hall–Kier alpha value is -1.59. The van der Waals surface area contributed by atoms with E-state index in [2.05, 4.69) is 35.0 Å². The van der Waals surface area contributed by atoms with Crippen molar-refractivity contribution in [3.8, 4) is 11.1 Å². The summed E-state index contributed by atoms with van der Waals surface area (Å²) < 4.78 is 0. The number of likely N-dealkylation sites (N-methyl/N-ethyl adjacent to an activating group) is 1. The highest BCUT2D eigenvalue weighted by Crippen LogP contribution is 2.36. The van der Waals surface area contributed by atoms with Gasteiger partial charge >= 0.3 is 0 Å². The van der Waals surface area contributed by atoms with Crippen molar-refractivity contribution in [1.29, 1.82) is 0 Å². The summed E-state index contributed by atoms with van der Waals surface area (Å²) in [6, 6.07) is 10.3. The van der Waals surface area contributed by atoms with E-state index in [1.54, 1.807) is 0 Å². The molecule has 0 N–H and O–H groups in total. The number of halogens is 2. The van der Waals surface area contributed by atoms with Crippen molar-refractivity contribution in [1.82, 2.24) is 14.7 Å². The second kappa shape index (κ2) is 7.68. The molecule has 1 fully saturated rings. The molecule has 148 valence electrons. The molecule has 0 bridgehead atoms. The average molecular weight is 418 g/mol. The molecule has 2 aliphatic heterocycles. The van der Waals surface area contributed by atoms with Crippen LogP contribution >= 0.6 is 23.2 Å². The molecule has 0 aliphatic carbocycles. The van der Waals surface area contributed by atoms with Crippen LogP contribution in [0.1, 0.15) is 35.3 Å². The first-order chi connectivity index (χ1) is 13.3. The molecule has 2 aromatic carbocycles. The summed E-state index contributed by atoms with van der Waals surface area (Å²) in [7, 11) is 2.13. The second-order valence-electron chi connectivity index (χ2n) is 8.10. The van der Waals surface area contributed by atoms with Crippen molar-refractivity contribution in [2.45, 2.75) is 33.0 Å². The quantitative estimate of drug-likeness (QED) is 0.719. The number of fused-ring (bicyclic) bond motifs is 1. The number of carbonyl (C=O) groups is 1. The van der Waals surface area contributed by atoms with Gasteiger partial charge in [0.2, 0.25) is 0 Å². The maximum atomic E-state index is 12.6. The molecule has 28 heavy (non-hydrogen) atoms. The van der Waals surface area contributed by atoms with E-state index in [1.807, 2.05) is 30.9 Å². The van der Waals surface area contributed by atoms with Crippen LogP contribution in [0.5, 0.6) is 0 Å². The van der Waals surface area contributed by atoms with E-state index in [0.29, 0.717) is 17.1 Å². The highest BCUT2D eigenvalue weighted by molar-refractivity contribution is 6.34. The molecule has 2 aliphatic rings.